The highest BCUT2D eigenvalue weighted by atomic mass is 16.5. The molecule has 0 unspecified atom stereocenters. The van der Waals surface area contributed by atoms with Gasteiger partial charge in [0.15, 0.2) is 0 Å². The van der Waals surface area contributed by atoms with Crippen molar-refractivity contribution >= 4 is 0 Å². The van der Waals surface area contributed by atoms with Crippen LogP contribution < -0.4 is 10.1 Å². The van der Waals surface area contributed by atoms with Crippen molar-refractivity contribution in [2.75, 3.05) is 7.05 Å². The Balaban J connectivity index is 2.06. The molecule has 0 amide bonds. The number of nitrogens with one attached hydrogen (secondary N) is 1. The Kier molecular flexibility index (Phi) is 5.56. The molecule has 2 rings (SSSR count). The first-order chi connectivity index (χ1) is 9.83. The van der Waals surface area contributed by atoms with Crippen molar-refractivity contribution in [1.82, 2.24) is 10.3 Å². The zero-order chi connectivity index (χ0) is 14.2. The second-order valence-corrected chi connectivity index (χ2v) is 4.86. The fourth-order valence-electron chi connectivity index (χ4n) is 2.07. The maximum Gasteiger partial charge on any atom is 0.150 e. The molecule has 0 radical (unpaired) electrons. The topological polar surface area (TPSA) is 34.1 Å². The molecule has 0 bridgehead atoms. The van der Waals surface area contributed by atoms with Crippen LogP contribution in [0.15, 0.2) is 42.7 Å². The van der Waals surface area contributed by atoms with Crippen molar-refractivity contribution in [3.8, 4) is 11.5 Å². The van der Waals surface area contributed by atoms with Crippen LogP contribution in [-0.4, -0.2) is 12.0 Å². The number of benzene rings is 1. The first kappa shape index (κ1) is 14.5. The second kappa shape index (κ2) is 7.65. The molecule has 1 heterocycles. The lowest BCUT2D eigenvalue weighted by molar-refractivity contribution is 0.471. The van der Waals surface area contributed by atoms with Gasteiger partial charge in [0.05, 0.1) is 6.20 Å². The van der Waals surface area contributed by atoms with Gasteiger partial charge in [-0.2, -0.15) is 0 Å². The van der Waals surface area contributed by atoms with E-state index in [1.165, 1.54) is 18.4 Å². The summed E-state index contributed by atoms with van der Waals surface area (Å²) in [5.74, 6) is 1.67. The molecule has 1 aromatic carbocycles. The first-order valence-electron chi connectivity index (χ1n) is 7.17. The minimum atomic E-state index is 0.770. The Morgan fingerprint density at radius 3 is 2.65 bits per heavy atom. The molecule has 0 saturated heterocycles. The van der Waals surface area contributed by atoms with E-state index < -0.39 is 0 Å². The summed E-state index contributed by atoms with van der Waals surface area (Å²) >= 11 is 0. The molecule has 3 heteroatoms. The molecule has 0 aliphatic carbocycles. The Hall–Kier alpha value is -1.87. The lowest BCUT2D eigenvalue weighted by Gasteiger charge is -2.10. The van der Waals surface area contributed by atoms with Crippen molar-refractivity contribution in [2.24, 2.45) is 0 Å². The molecular formula is C17H22N2O. The monoisotopic (exact) mass is 270 g/mol. The lowest BCUT2D eigenvalue weighted by atomic mass is 10.1. The third-order valence-electron chi connectivity index (χ3n) is 3.21. The molecule has 3 nitrogen and oxygen atoms in total. The number of nitrogens with zero attached hydrogens (tertiary/aromatic N) is 1. The Morgan fingerprint density at radius 2 is 1.95 bits per heavy atom. The average molecular weight is 270 g/mol. The van der Waals surface area contributed by atoms with E-state index in [9.17, 15) is 0 Å². The number of aromatic nitrogens is 1. The Labute approximate surface area is 121 Å². The van der Waals surface area contributed by atoms with Gasteiger partial charge in [0.1, 0.15) is 11.5 Å². The van der Waals surface area contributed by atoms with Gasteiger partial charge in [0.25, 0.3) is 0 Å². The van der Waals surface area contributed by atoms with Crippen LogP contribution in [0.4, 0.5) is 0 Å². The van der Waals surface area contributed by atoms with Crippen molar-refractivity contribution in [3.05, 3.63) is 53.9 Å². The molecule has 0 atom stereocenters. The number of unbranched alkanes of at least 4 members (excludes halogenated alkanes) is 1. The Morgan fingerprint density at radius 1 is 1.15 bits per heavy atom. The fourth-order valence-corrected chi connectivity index (χ4v) is 2.07. The highest BCUT2D eigenvalue weighted by molar-refractivity contribution is 5.36. The van der Waals surface area contributed by atoms with Gasteiger partial charge in [-0.05, 0) is 43.7 Å². The maximum absolute atomic E-state index is 5.92. The summed E-state index contributed by atoms with van der Waals surface area (Å²) in [6.45, 7) is 2.98. The highest BCUT2D eigenvalue weighted by Gasteiger charge is 2.04. The summed E-state index contributed by atoms with van der Waals surface area (Å²) in [4.78, 5) is 4.13. The van der Waals surface area contributed by atoms with Crippen molar-refractivity contribution in [1.29, 1.82) is 0 Å². The van der Waals surface area contributed by atoms with Gasteiger partial charge >= 0.3 is 0 Å². The van der Waals surface area contributed by atoms with Crippen LogP contribution in [0.5, 0.6) is 11.5 Å². The molecule has 106 valence electrons. The minimum absolute atomic E-state index is 0.770. The molecule has 0 aliphatic rings. The molecule has 0 saturated carbocycles. The first-order valence-corrected chi connectivity index (χ1v) is 7.17. The third-order valence-corrected chi connectivity index (χ3v) is 3.21. The van der Waals surface area contributed by atoms with Crippen LogP contribution in [-0.2, 0) is 13.0 Å². The SMILES string of the molecule is CCCCc1ccc(Oc2cnccc2CNC)cc1. The van der Waals surface area contributed by atoms with Crippen LogP contribution in [0, 0.1) is 0 Å². The zero-order valence-electron chi connectivity index (χ0n) is 12.2. The Bertz CT molecular complexity index is 523. The van der Waals surface area contributed by atoms with E-state index in [2.05, 4.69) is 29.4 Å². The normalized spacial score (nSPS) is 10.5. The standard InChI is InChI=1S/C17H22N2O/c1-3-4-5-14-6-8-16(9-7-14)20-17-13-19-11-10-15(17)12-18-2/h6-11,13,18H,3-5,12H2,1-2H3. The van der Waals surface area contributed by atoms with Crippen LogP contribution in [0.1, 0.15) is 30.9 Å². The molecule has 0 fully saturated rings. The van der Waals surface area contributed by atoms with Crippen molar-refractivity contribution in [3.63, 3.8) is 0 Å². The van der Waals surface area contributed by atoms with Crippen LogP contribution in [0.25, 0.3) is 0 Å². The van der Waals surface area contributed by atoms with Crippen molar-refractivity contribution < 1.29 is 4.74 Å². The number of ether oxygens (including phenoxy) is 1. The zero-order valence-corrected chi connectivity index (χ0v) is 12.2. The lowest BCUT2D eigenvalue weighted by Crippen LogP contribution is -2.06. The van der Waals surface area contributed by atoms with Gasteiger partial charge in [0.2, 0.25) is 0 Å². The number of aryl methyl sites for hydroxylation is 1. The summed E-state index contributed by atoms with van der Waals surface area (Å²) in [5, 5.41) is 3.13. The highest BCUT2D eigenvalue weighted by Crippen LogP contribution is 2.24. The van der Waals surface area contributed by atoms with E-state index >= 15 is 0 Å². The molecule has 0 spiro atoms. The predicted molar refractivity (Wildman–Crippen MR) is 82.1 cm³/mol. The molecule has 20 heavy (non-hydrogen) atoms. The molecule has 1 aromatic heterocycles. The fraction of sp³-hybridized carbons (Fsp3) is 0.353. The maximum atomic E-state index is 5.92. The quantitative estimate of drug-likeness (QED) is 0.827. The van der Waals surface area contributed by atoms with Crippen LogP contribution in [0.2, 0.25) is 0 Å². The molecule has 2 aromatic rings. The number of hydrogen-bond acceptors (Lipinski definition) is 3. The molecular weight excluding hydrogens is 248 g/mol. The third kappa shape index (κ3) is 4.07. The summed E-state index contributed by atoms with van der Waals surface area (Å²) in [5.41, 5.74) is 2.47. The van der Waals surface area contributed by atoms with Crippen molar-refractivity contribution in [2.45, 2.75) is 32.7 Å². The van der Waals surface area contributed by atoms with E-state index in [4.69, 9.17) is 4.74 Å². The van der Waals surface area contributed by atoms with Crippen LogP contribution >= 0.6 is 0 Å². The predicted octanol–water partition coefficient (Wildman–Crippen LogP) is 3.94. The van der Waals surface area contributed by atoms with Gasteiger partial charge in [0, 0.05) is 18.3 Å². The smallest absolute Gasteiger partial charge is 0.150 e. The summed E-state index contributed by atoms with van der Waals surface area (Å²) < 4.78 is 5.92. The largest absolute Gasteiger partial charge is 0.455 e. The average Bonchev–Trinajstić information content (AvgIpc) is 2.49. The van der Waals surface area contributed by atoms with Gasteiger partial charge in [-0.15, -0.1) is 0 Å². The van der Waals surface area contributed by atoms with Crippen LogP contribution in [0.3, 0.4) is 0 Å². The van der Waals surface area contributed by atoms with Gasteiger partial charge in [-0.25, -0.2) is 0 Å². The van der Waals surface area contributed by atoms with Gasteiger partial charge in [-0.3, -0.25) is 4.98 Å². The minimum Gasteiger partial charge on any atom is -0.455 e. The van der Waals surface area contributed by atoms with E-state index in [-0.39, 0.29) is 0 Å². The van der Waals surface area contributed by atoms with E-state index in [1.54, 1.807) is 12.4 Å². The number of hydrogen-bond donors (Lipinski definition) is 1. The van der Waals surface area contributed by atoms with Gasteiger partial charge < -0.3 is 10.1 Å². The van der Waals surface area contributed by atoms with E-state index in [1.807, 2.05) is 25.2 Å². The summed E-state index contributed by atoms with van der Waals surface area (Å²) in [6, 6.07) is 10.3. The number of pyridine rings is 1. The van der Waals surface area contributed by atoms with Gasteiger partial charge in [-0.1, -0.05) is 25.5 Å². The second-order valence-electron chi connectivity index (χ2n) is 4.86. The molecule has 0 aliphatic heterocycles. The summed E-state index contributed by atoms with van der Waals surface area (Å²) in [7, 11) is 1.92. The summed E-state index contributed by atoms with van der Waals surface area (Å²) in [6.07, 6.45) is 7.14. The van der Waals surface area contributed by atoms with E-state index in [0.717, 1.165) is 30.0 Å². The number of rotatable bonds is 7. The molecule has 1 N–H and O–H groups in total. The van der Waals surface area contributed by atoms with E-state index in [0.29, 0.717) is 0 Å².